The van der Waals surface area contributed by atoms with Gasteiger partial charge in [0.25, 0.3) is 0 Å². The van der Waals surface area contributed by atoms with Gasteiger partial charge in [0.1, 0.15) is 5.75 Å². The van der Waals surface area contributed by atoms with E-state index in [0.29, 0.717) is 0 Å². The fourth-order valence-electron chi connectivity index (χ4n) is 2.95. The van der Waals surface area contributed by atoms with Crippen molar-refractivity contribution >= 4 is 27.5 Å². The minimum atomic E-state index is 0.0618. The van der Waals surface area contributed by atoms with E-state index in [4.69, 9.17) is 16.3 Å². The van der Waals surface area contributed by atoms with E-state index in [1.165, 1.54) is 5.56 Å². The average Bonchev–Trinajstić information content (AvgIpc) is 2.86. The maximum atomic E-state index is 6.22. The SMILES string of the molecule is CNC(c1cc(C)cc(Cl)c1)c1cc(Br)cc2c1OCC2. The lowest BCUT2D eigenvalue weighted by Gasteiger charge is -2.21. The van der Waals surface area contributed by atoms with E-state index >= 15 is 0 Å². The van der Waals surface area contributed by atoms with Crippen LogP contribution in [-0.4, -0.2) is 13.7 Å². The lowest BCUT2D eigenvalue weighted by Crippen LogP contribution is -2.18. The second-order valence-electron chi connectivity index (χ2n) is 5.37. The van der Waals surface area contributed by atoms with Gasteiger partial charge in [0.15, 0.2) is 0 Å². The van der Waals surface area contributed by atoms with Crippen molar-refractivity contribution in [1.82, 2.24) is 5.32 Å². The van der Waals surface area contributed by atoms with Crippen LogP contribution in [0.3, 0.4) is 0 Å². The Morgan fingerprint density at radius 1 is 1.24 bits per heavy atom. The summed E-state index contributed by atoms with van der Waals surface area (Å²) in [5.74, 6) is 1.01. The molecule has 21 heavy (non-hydrogen) atoms. The van der Waals surface area contributed by atoms with Gasteiger partial charge in [-0.3, -0.25) is 0 Å². The molecule has 1 aliphatic rings. The van der Waals surface area contributed by atoms with Gasteiger partial charge in [-0.25, -0.2) is 0 Å². The van der Waals surface area contributed by atoms with Crippen LogP contribution in [0.1, 0.15) is 28.3 Å². The summed E-state index contributed by atoms with van der Waals surface area (Å²) in [4.78, 5) is 0. The zero-order valence-corrected chi connectivity index (χ0v) is 14.4. The van der Waals surface area contributed by atoms with Gasteiger partial charge in [0.05, 0.1) is 12.6 Å². The lowest BCUT2D eigenvalue weighted by molar-refractivity contribution is 0.351. The van der Waals surface area contributed by atoms with Crippen molar-refractivity contribution in [1.29, 1.82) is 0 Å². The summed E-state index contributed by atoms with van der Waals surface area (Å²) in [7, 11) is 1.96. The van der Waals surface area contributed by atoms with Gasteiger partial charge in [-0.1, -0.05) is 33.6 Å². The van der Waals surface area contributed by atoms with Crippen molar-refractivity contribution in [2.24, 2.45) is 0 Å². The van der Waals surface area contributed by atoms with Crippen molar-refractivity contribution in [2.75, 3.05) is 13.7 Å². The quantitative estimate of drug-likeness (QED) is 0.853. The Bertz CT molecular complexity index is 666. The Morgan fingerprint density at radius 3 is 2.76 bits per heavy atom. The zero-order valence-electron chi connectivity index (χ0n) is 12.0. The fourth-order valence-corrected chi connectivity index (χ4v) is 3.77. The highest BCUT2D eigenvalue weighted by atomic mass is 79.9. The van der Waals surface area contributed by atoms with Gasteiger partial charge >= 0.3 is 0 Å². The molecule has 0 radical (unpaired) electrons. The summed E-state index contributed by atoms with van der Waals surface area (Å²) in [5.41, 5.74) is 4.73. The normalized spacial score (nSPS) is 14.7. The third kappa shape index (κ3) is 2.96. The second-order valence-corrected chi connectivity index (χ2v) is 6.72. The van der Waals surface area contributed by atoms with E-state index in [-0.39, 0.29) is 6.04 Å². The van der Waals surface area contributed by atoms with E-state index in [2.05, 4.69) is 46.4 Å². The number of benzene rings is 2. The van der Waals surface area contributed by atoms with E-state index in [9.17, 15) is 0 Å². The fraction of sp³-hybridized carbons (Fsp3) is 0.294. The molecule has 0 fully saturated rings. The number of hydrogen-bond donors (Lipinski definition) is 1. The van der Waals surface area contributed by atoms with Crippen LogP contribution in [0.5, 0.6) is 5.75 Å². The average molecular weight is 367 g/mol. The van der Waals surface area contributed by atoms with Crippen LogP contribution >= 0.6 is 27.5 Å². The molecular weight excluding hydrogens is 350 g/mol. The highest BCUT2D eigenvalue weighted by Crippen LogP contribution is 2.39. The zero-order chi connectivity index (χ0) is 15.0. The summed E-state index contributed by atoms with van der Waals surface area (Å²) in [6.07, 6.45) is 0.965. The van der Waals surface area contributed by atoms with Crippen LogP contribution in [0.15, 0.2) is 34.8 Å². The molecule has 0 spiro atoms. The Hall–Kier alpha value is -1.03. The highest BCUT2D eigenvalue weighted by molar-refractivity contribution is 9.10. The Labute approximate surface area is 138 Å². The Kier molecular flexibility index (Phi) is 4.25. The van der Waals surface area contributed by atoms with Crippen molar-refractivity contribution in [2.45, 2.75) is 19.4 Å². The molecule has 2 nitrogen and oxygen atoms in total. The number of halogens is 2. The molecular formula is C17H17BrClNO. The Morgan fingerprint density at radius 2 is 2.05 bits per heavy atom. The minimum absolute atomic E-state index is 0.0618. The Balaban J connectivity index is 2.12. The number of ether oxygens (including phenoxy) is 1. The summed E-state index contributed by atoms with van der Waals surface area (Å²) in [6, 6.07) is 10.5. The van der Waals surface area contributed by atoms with Gasteiger partial charge in [-0.05, 0) is 54.9 Å². The van der Waals surface area contributed by atoms with E-state index < -0.39 is 0 Å². The van der Waals surface area contributed by atoms with Crippen LogP contribution in [0.4, 0.5) is 0 Å². The molecule has 0 aromatic heterocycles. The van der Waals surface area contributed by atoms with Crippen LogP contribution in [0.2, 0.25) is 5.02 Å². The second kappa shape index (κ2) is 5.99. The smallest absolute Gasteiger partial charge is 0.127 e. The molecule has 3 rings (SSSR count). The highest BCUT2D eigenvalue weighted by Gasteiger charge is 2.24. The summed E-state index contributed by atoms with van der Waals surface area (Å²) in [5, 5.41) is 4.15. The van der Waals surface area contributed by atoms with Gasteiger partial charge in [0, 0.05) is 21.5 Å². The topological polar surface area (TPSA) is 21.3 Å². The van der Waals surface area contributed by atoms with E-state index in [0.717, 1.165) is 45.0 Å². The number of aryl methyl sites for hydroxylation is 1. The molecule has 0 saturated heterocycles. The predicted molar refractivity (Wildman–Crippen MR) is 90.4 cm³/mol. The van der Waals surface area contributed by atoms with Crippen molar-refractivity contribution < 1.29 is 4.74 Å². The van der Waals surface area contributed by atoms with E-state index in [1.54, 1.807) is 0 Å². The molecule has 0 saturated carbocycles. The first-order chi connectivity index (χ1) is 10.1. The standard InChI is InChI=1S/C17H17BrClNO/c1-10-5-12(8-14(19)6-10)16(20-2)15-9-13(18)7-11-3-4-21-17(11)15/h5-9,16,20H,3-4H2,1-2H3. The molecule has 4 heteroatoms. The van der Waals surface area contributed by atoms with Crippen LogP contribution in [0, 0.1) is 6.92 Å². The largest absolute Gasteiger partial charge is 0.493 e. The summed E-state index contributed by atoms with van der Waals surface area (Å²) >= 11 is 9.82. The monoisotopic (exact) mass is 365 g/mol. The van der Waals surface area contributed by atoms with Gasteiger partial charge in [-0.15, -0.1) is 0 Å². The van der Waals surface area contributed by atoms with Crippen LogP contribution < -0.4 is 10.1 Å². The third-order valence-electron chi connectivity index (χ3n) is 3.77. The summed E-state index contributed by atoms with van der Waals surface area (Å²) in [6.45, 7) is 2.81. The van der Waals surface area contributed by atoms with Crippen molar-refractivity contribution in [3.05, 3.63) is 62.1 Å². The molecule has 1 aliphatic heterocycles. The first-order valence-corrected chi connectivity index (χ1v) is 8.15. The minimum Gasteiger partial charge on any atom is -0.493 e. The van der Waals surface area contributed by atoms with Gasteiger partial charge in [0.2, 0.25) is 0 Å². The third-order valence-corrected chi connectivity index (χ3v) is 4.45. The molecule has 110 valence electrons. The van der Waals surface area contributed by atoms with Crippen molar-refractivity contribution in [3.8, 4) is 5.75 Å². The van der Waals surface area contributed by atoms with Gasteiger partial charge in [-0.2, -0.15) is 0 Å². The molecule has 2 aromatic carbocycles. The molecule has 0 amide bonds. The van der Waals surface area contributed by atoms with Crippen LogP contribution in [0.25, 0.3) is 0 Å². The molecule has 0 aliphatic carbocycles. The van der Waals surface area contributed by atoms with Crippen molar-refractivity contribution in [3.63, 3.8) is 0 Å². The molecule has 0 bridgehead atoms. The maximum Gasteiger partial charge on any atom is 0.127 e. The first kappa shape index (κ1) is 14.9. The number of nitrogens with one attached hydrogen (secondary N) is 1. The van der Waals surface area contributed by atoms with Crippen LogP contribution in [-0.2, 0) is 6.42 Å². The number of rotatable bonds is 3. The van der Waals surface area contributed by atoms with E-state index in [1.807, 2.05) is 19.2 Å². The number of hydrogen-bond acceptors (Lipinski definition) is 2. The summed E-state index contributed by atoms with van der Waals surface area (Å²) < 4.78 is 6.94. The molecule has 1 heterocycles. The predicted octanol–water partition coefficient (Wildman–Crippen LogP) is 4.65. The molecule has 1 atom stereocenters. The molecule has 1 unspecified atom stereocenters. The maximum absolute atomic E-state index is 6.22. The van der Waals surface area contributed by atoms with Gasteiger partial charge < -0.3 is 10.1 Å². The number of fused-ring (bicyclic) bond motifs is 1. The molecule has 1 N–H and O–H groups in total. The first-order valence-electron chi connectivity index (χ1n) is 6.98. The lowest BCUT2D eigenvalue weighted by atomic mass is 9.95. The molecule has 2 aromatic rings.